The van der Waals surface area contributed by atoms with Gasteiger partial charge >= 0.3 is 0 Å². The van der Waals surface area contributed by atoms with Crippen molar-refractivity contribution in [2.24, 2.45) is 11.8 Å². The Hall–Kier alpha value is -0.273. The summed E-state index contributed by atoms with van der Waals surface area (Å²) in [5.41, 5.74) is 2.69. The molecule has 1 aromatic carbocycles. The van der Waals surface area contributed by atoms with Crippen LogP contribution in [0.15, 0.2) is 24.3 Å². The van der Waals surface area contributed by atoms with Gasteiger partial charge in [0.05, 0.1) is 0 Å². The molecule has 0 amide bonds. The second kappa shape index (κ2) is 7.33. The van der Waals surface area contributed by atoms with Gasteiger partial charge in [0, 0.05) is 14.5 Å². The highest BCUT2D eigenvalue weighted by atomic mass is 35.5. The fourth-order valence-corrected chi connectivity index (χ4v) is 6.14. The van der Waals surface area contributed by atoms with Crippen molar-refractivity contribution >= 4 is 21.1 Å². The van der Waals surface area contributed by atoms with Gasteiger partial charge in [-0.3, -0.25) is 0 Å². The monoisotopic (exact) mass is 320 g/mol. The van der Waals surface area contributed by atoms with Gasteiger partial charge in [-0.15, -0.1) is 0 Å². The van der Waals surface area contributed by atoms with Crippen LogP contribution in [-0.4, -0.2) is 9.52 Å². The lowest BCUT2D eigenvalue weighted by atomic mass is 9.70. The molecule has 0 heterocycles. The molecule has 0 atom stereocenters. The van der Waals surface area contributed by atoms with Gasteiger partial charge in [-0.1, -0.05) is 61.5 Å². The minimum atomic E-state index is 0.259. The topological polar surface area (TPSA) is 0 Å². The highest BCUT2D eigenvalue weighted by molar-refractivity contribution is 6.35. The van der Waals surface area contributed by atoms with Crippen LogP contribution in [0, 0.1) is 11.8 Å². The van der Waals surface area contributed by atoms with E-state index in [0.717, 1.165) is 22.8 Å². The van der Waals surface area contributed by atoms with Gasteiger partial charge in [-0.25, -0.2) is 0 Å². The molecule has 3 rings (SSSR count). The molecule has 2 aliphatic rings. The fourth-order valence-electron chi connectivity index (χ4n) is 4.73. The van der Waals surface area contributed by atoms with E-state index in [0.29, 0.717) is 0 Å². The number of halogens is 1. The van der Waals surface area contributed by atoms with E-state index >= 15 is 0 Å². The molecule has 0 radical (unpaired) electrons. The standard InChI is InChI=1S/C19H29ClSi/c1-21-19-12-8-17(9-13-19)15-4-2-14(3-5-15)16-6-10-18(20)11-7-16/h6-7,10-11,14-15,17,19H,2-5,8-9,12-13,21H2,1H3. The third kappa shape index (κ3) is 3.93. The number of benzene rings is 1. The number of hydrogen-bond acceptors (Lipinski definition) is 0. The van der Waals surface area contributed by atoms with E-state index in [1.807, 2.05) is 0 Å². The van der Waals surface area contributed by atoms with Crippen LogP contribution in [-0.2, 0) is 0 Å². The van der Waals surface area contributed by atoms with E-state index in [1.165, 1.54) is 36.8 Å². The maximum Gasteiger partial charge on any atom is 0.0406 e. The zero-order chi connectivity index (χ0) is 14.7. The number of rotatable bonds is 3. The lowest BCUT2D eigenvalue weighted by Crippen LogP contribution is -2.25. The average molecular weight is 321 g/mol. The van der Waals surface area contributed by atoms with E-state index in [4.69, 9.17) is 11.6 Å². The molecule has 2 fully saturated rings. The van der Waals surface area contributed by atoms with Crippen molar-refractivity contribution < 1.29 is 0 Å². The van der Waals surface area contributed by atoms with E-state index in [-0.39, 0.29) is 9.52 Å². The second-order valence-electron chi connectivity index (χ2n) is 7.35. The molecule has 0 aliphatic heterocycles. The van der Waals surface area contributed by atoms with Gasteiger partial charge in [-0.2, -0.15) is 0 Å². The van der Waals surface area contributed by atoms with Crippen LogP contribution in [0.2, 0.25) is 17.1 Å². The molecule has 2 aliphatic carbocycles. The summed E-state index contributed by atoms with van der Waals surface area (Å²) >= 11 is 6.00. The molecule has 0 N–H and O–H groups in total. The normalized spacial score (nSPS) is 34.4. The van der Waals surface area contributed by atoms with Crippen molar-refractivity contribution in [3.05, 3.63) is 34.9 Å². The number of hydrogen-bond donors (Lipinski definition) is 0. The quantitative estimate of drug-likeness (QED) is 0.616. The summed E-state index contributed by atoms with van der Waals surface area (Å²) in [6.45, 7) is 2.50. The summed E-state index contributed by atoms with van der Waals surface area (Å²) in [5.74, 6) is 2.89. The van der Waals surface area contributed by atoms with Crippen molar-refractivity contribution in [1.82, 2.24) is 0 Å². The molecule has 0 unspecified atom stereocenters. The molecule has 0 bridgehead atoms. The molecule has 1 aromatic rings. The van der Waals surface area contributed by atoms with Crippen LogP contribution in [0.3, 0.4) is 0 Å². The lowest BCUT2D eigenvalue weighted by Gasteiger charge is -2.37. The van der Waals surface area contributed by atoms with Crippen LogP contribution < -0.4 is 0 Å². The van der Waals surface area contributed by atoms with Crippen LogP contribution in [0.25, 0.3) is 0 Å². The first kappa shape index (κ1) is 15.6. The van der Waals surface area contributed by atoms with Gasteiger partial charge in [0.15, 0.2) is 0 Å². The predicted molar refractivity (Wildman–Crippen MR) is 96.3 cm³/mol. The van der Waals surface area contributed by atoms with Crippen molar-refractivity contribution in [3.8, 4) is 0 Å². The van der Waals surface area contributed by atoms with Gasteiger partial charge in [0.25, 0.3) is 0 Å². The Labute approximate surface area is 137 Å². The van der Waals surface area contributed by atoms with Crippen molar-refractivity contribution in [2.45, 2.75) is 69.4 Å². The van der Waals surface area contributed by atoms with Crippen LogP contribution in [0.5, 0.6) is 0 Å². The van der Waals surface area contributed by atoms with Crippen LogP contribution >= 0.6 is 11.6 Å². The third-order valence-electron chi connectivity index (χ3n) is 6.25. The predicted octanol–water partition coefficient (Wildman–Crippen LogP) is 5.81. The molecule has 2 heteroatoms. The molecule has 21 heavy (non-hydrogen) atoms. The molecular formula is C19H29ClSi. The Balaban J connectivity index is 1.50. The molecule has 116 valence electrons. The molecule has 0 aromatic heterocycles. The summed E-state index contributed by atoms with van der Waals surface area (Å²) in [6, 6.07) is 8.59. The molecule has 0 saturated heterocycles. The maximum atomic E-state index is 6.00. The summed E-state index contributed by atoms with van der Waals surface area (Å²) in [5, 5.41) is 0.865. The fraction of sp³-hybridized carbons (Fsp3) is 0.684. The first-order valence-electron chi connectivity index (χ1n) is 9.01. The summed E-state index contributed by atoms with van der Waals surface area (Å²) in [6.07, 6.45) is 11.9. The van der Waals surface area contributed by atoms with E-state index in [9.17, 15) is 0 Å². The minimum Gasteiger partial charge on any atom is -0.0843 e. The molecule has 0 nitrogen and oxygen atoms in total. The van der Waals surface area contributed by atoms with Gasteiger partial charge in [0.2, 0.25) is 0 Å². The molecule has 0 spiro atoms. The van der Waals surface area contributed by atoms with E-state index in [1.54, 1.807) is 25.7 Å². The Morgan fingerprint density at radius 2 is 1.33 bits per heavy atom. The van der Waals surface area contributed by atoms with Crippen LogP contribution in [0.1, 0.15) is 62.8 Å². The Kier molecular flexibility index (Phi) is 5.45. The Morgan fingerprint density at radius 1 is 0.810 bits per heavy atom. The summed E-state index contributed by atoms with van der Waals surface area (Å²) < 4.78 is 0. The highest BCUT2D eigenvalue weighted by Gasteiger charge is 2.30. The van der Waals surface area contributed by atoms with Crippen molar-refractivity contribution in [2.75, 3.05) is 0 Å². The van der Waals surface area contributed by atoms with Crippen LogP contribution in [0.4, 0.5) is 0 Å². The van der Waals surface area contributed by atoms with Gasteiger partial charge < -0.3 is 0 Å². The highest BCUT2D eigenvalue weighted by Crippen LogP contribution is 2.44. The Morgan fingerprint density at radius 3 is 1.86 bits per heavy atom. The zero-order valence-electron chi connectivity index (χ0n) is 13.4. The molecular weight excluding hydrogens is 292 g/mol. The van der Waals surface area contributed by atoms with Gasteiger partial charge in [0.1, 0.15) is 0 Å². The summed E-state index contributed by atoms with van der Waals surface area (Å²) in [4.78, 5) is 0. The first-order chi connectivity index (χ1) is 10.3. The lowest BCUT2D eigenvalue weighted by molar-refractivity contribution is 0.186. The SMILES string of the molecule is C[SiH2]C1CCC(C2CCC(c3ccc(Cl)cc3)CC2)CC1. The first-order valence-corrected chi connectivity index (χ1v) is 11.6. The van der Waals surface area contributed by atoms with Crippen molar-refractivity contribution in [3.63, 3.8) is 0 Å². The second-order valence-corrected chi connectivity index (χ2v) is 9.76. The van der Waals surface area contributed by atoms with Crippen molar-refractivity contribution in [1.29, 1.82) is 0 Å². The maximum absolute atomic E-state index is 6.00. The third-order valence-corrected chi connectivity index (χ3v) is 8.47. The zero-order valence-corrected chi connectivity index (χ0v) is 15.5. The largest absolute Gasteiger partial charge is 0.0843 e. The summed E-state index contributed by atoms with van der Waals surface area (Å²) in [7, 11) is 0.259. The molecule has 2 saturated carbocycles. The van der Waals surface area contributed by atoms with Gasteiger partial charge in [-0.05, 0) is 61.1 Å². The van der Waals surface area contributed by atoms with E-state index in [2.05, 4.69) is 30.8 Å². The minimum absolute atomic E-state index is 0.259. The Bertz CT molecular complexity index is 425. The van der Waals surface area contributed by atoms with E-state index < -0.39 is 0 Å². The average Bonchev–Trinajstić information content (AvgIpc) is 2.56. The smallest absolute Gasteiger partial charge is 0.0406 e.